The standard InChI is InChI=1S/C46H31NO/c1-3-12-30(13-4-1)35-19-11-20-36(31-14-5-2-6-15-31)46(35)47-41-22-8-7-18-37(41)39-28-33(24-26-42(39)47)34-25-27-43-40(29-34)38-21-9-16-32-17-10-23-44(48-43)45(32)38/h1-21,23-29,41H,22H2. The number of hydrogen-bond acceptors (Lipinski definition) is 2. The van der Waals surface area contributed by atoms with Crippen molar-refractivity contribution in [2.24, 2.45) is 0 Å². The fraction of sp³-hybridized carbons (Fsp3) is 0.0435. The summed E-state index contributed by atoms with van der Waals surface area (Å²) in [6.07, 6.45) is 7.81. The van der Waals surface area contributed by atoms with Crippen LogP contribution >= 0.6 is 0 Å². The van der Waals surface area contributed by atoms with Crippen LogP contribution in [0.5, 0.6) is 11.5 Å². The Balaban J connectivity index is 1.15. The summed E-state index contributed by atoms with van der Waals surface area (Å²) < 4.78 is 6.42. The maximum Gasteiger partial charge on any atom is 0.135 e. The molecule has 2 heteroatoms. The molecule has 0 amide bonds. The minimum Gasteiger partial charge on any atom is -0.456 e. The highest BCUT2D eigenvalue weighted by atomic mass is 16.5. The maximum atomic E-state index is 6.42. The Kier molecular flexibility index (Phi) is 6.04. The quantitative estimate of drug-likeness (QED) is 0.196. The Bertz CT molecular complexity index is 2390. The third-order valence-corrected chi connectivity index (χ3v) is 10.1. The van der Waals surface area contributed by atoms with Crippen LogP contribution in [0.3, 0.4) is 0 Å². The van der Waals surface area contributed by atoms with E-state index in [2.05, 4.69) is 175 Å². The van der Waals surface area contributed by atoms with Gasteiger partial charge < -0.3 is 9.64 Å². The number of ether oxygens (including phenoxy) is 1. The molecule has 0 N–H and O–H groups in total. The van der Waals surface area contributed by atoms with Crippen molar-refractivity contribution >= 4 is 27.7 Å². The minimum absolute atomic E-state index is 0.207. The molecular weight excluding hydrogens is 583 g/mol. The average Bonchev–Trinajstić information content (AvgIpc) is 3.49. The normalized spacial score (nSPS) is 15.4. The summed E-state index contributed by atoms with van der Waals surface area (Å²) in [4.78, 5) is 2.61. The van der Waals surface area contributed by atoms with Gasteiger partial charge in [0.1, 0.15) is 11.5 Å². The fourth-order valence-electron chi connectivity index (χ4n) is 7.98. The van der Waals surface area contributed by atoms with Crippen LogP contribution in [0, 0.1) is 0 Å². The molecule has 0 spiro atoms. The van der Waals surface area contributed by atoms with Crippen molar-refractivity contribution < 1.29 is 4.74 Å². The van der Waals surface area contributed by atoms with Crippen molar-refractivity contribution in [3.05, 3.63) is 175 Å². The number of anilines is 2. The molecule has 3 aliphatic rings. The van der Waals surface area contributed by atoms with E-state index in [4.69, 9.17) is 4.74 Å². The summed E-state index contributed by atoms with van der Waals surface area (Å²) in [6, 6.07) is 55.1. The first-order valence-electron chi connectivity index (χ1n) is 16.7. The first-order valence-corrected chi connectivity index (χ1v) is 16.7. The van der Waals surface area contributed by atoms with E-state index in [0.717, 1.165) is 23.5 Å². The Morgan fingerprint density at radius 3 is 1.90 bits per heavy atom. The van der Waals surface area contributed by atoms with Gasteiger partial charge in [0, 0.05) is 33.3 Å². The number of benzene rings is 7. The monoisotopic (exact) mass is 613 g/mol. The highest BCUT2D eigenvalue weighted by molar-refractivity contribution is 6.05. The lowest BCUT2D eigenvalue weighted by Gasteiger charge is -2.32. The second-order valence-corrected chi connectivity index (χ2v) is 12.8. The van der Waals surface area contributed by atoms with Crippen molar-refractivity contribution in [2.45, 2.75) is 12.5 Å². The van der Waals surface area contributed by atoms with Gasteiger partial charge in [0.05, 0.1) is 11.7 Å². The summed E-state index contributed by atoms with van der Waals surface area (Å²) in [5, 5.41) is 2.38. The SMILES string of the molecule is C1=CCC2C(=C1)c1cc(-c3ccc4c(c3)-c3cccc5cccc(c35)O4)ccc1N2c1c(-c2ccccc2)cccc1-c1ccccc1. The van der Waals surface area contributed by atoms with Gasteiger partial charge in [0.15, 0.2) is 0 Å². The van der Waals surface area contributed by atoms with Crippen LogP contribution < -0.4 is 9.64 Å². The summed E-state index contributed by atoms with van der Waals surface area (Å²) >= 11 is 0. The van der Waals surface area contributed by atoms with Crippen molar-refractivity contribution in [1.29, 1.82) is 0 Å². The topological polar surface area (TPSA) is 12.5 Å². The van der Waals surface area contributed by atoms with E-state index < -0.39 is 0 Å². The first-order chi connectivity index (χ1) is 23.8. The zero-order valence-electron chi connectivity index (χ0n) is 26.3. The van der Waals surface area contributed by atoms with E-state index in [1.54, 1.807) is 0 Å². The Morgan fingerprint density at radius 1 is 0.500 bits per heavy atom. The predicted molar refractivity (Wildman–Crippen MR) is 200 cm³/mol. The van der Waals surface area contributed by atoms with Gasteiger partial charge in [-0.25, -0.2) is 0 Å². The van der Waals surface area contributed by atoms with Gasteiger partial charge >= 0.3 is 0 Å². The summed E-state index contributed by atoms with van der Waals surface area (Å²) in [5.41, 5.74) is 14.9. The van der Waals surface area contributed by atoms with E-state index in [1.165, 1.54) is 72.2 Å². The van der Waals surface area contributed by atoms with E-state index in [0.29, 0.717) is 0 Å². The van der Waals surface area contributed by atoms with Gasteiger partial charge in [-0.2, -0.15) is 0 Å². The highest BCUT2D eigenvalue weighted by Crippen LogP contribution is 2.54. The molecule has 0 fully saturated rings. The molecule has 0 saturated heterocycles. The third kappa shape index (κ3) is 4.13. The lowest BCUT2D eigenvalue weighted by atomic mass is 9.90. The van der Waals surface area contributed by atoms with Crippen molar-refractivity contribution in [2.75, 3.05) is 4.90 Å². The molecule has 0 aromatic heterocycles. The van der Waals surface area contributed by atoms with Gasteiger partial charge in [-0.1, -0.05) is 140 Å². The lowest BCUT2D eigenvalue weighted by Crippen LogP contribution is -2.28. The Labute approximate surface area is 280 Å². The molecule has 0 bridgehead atoms. The zero-order chi connectivity index (χ0) is 31.6. The van der Waals surface area contributed by atoms with Crippen molar-refractivity contribution in [3.63, 3.8) is 0 Å². The van der Waals surface area contributed by atoms with Crippen LogP contribution in [0.2, 0.25) is 0 Å². The summed E-state index contributed by atoms with van der Waals surface area (Å²) in [6.45, 7) is 0. The van der Waals surface area contributed by atoms with Crippen LogP contribution in [-0.4, -0.2) is 6.04 Å². The fourth-order valence-corrected chi connectivity index (χ4v) is 7.98. The van der Waals surface area contributed by atoms with Crippen molar-refractivity contribution in [1.82, 2.24) is 0 Å². The molecule has 1 unspecified atom stereocenters. The average molecular weight is 614 g/mol. The molecule has 1 aliphatic carbocycles. The molecule has 1 atom stereocenters. The number of hydrogen-bond donors (Lipinski definition) is 0. The second kappa shape index (κ2) is 10.7. The summed E-state index contributed by atoms with van der Waals surface area (Å²) in [7, 11) is 0. The zero-order valence-corrected chi connectivity index (χ0v) is 26.3. The van der Waals surface area contributed by atoms with Crippen LogP contribution in [-0.2, 0) is 0 Å². The number of nitrogens with zero attached hydrogens (tertiary/aromatic N) is 1. The molecule has 7 aromatic carbocycles. The highest BCUT2D eigenvalue weighted by Gasteiger charge is 2.37. The number of fused-ring (bicyclic) bond motifs is 5. The number of para-hydroxylation sites is 1. The van der Waals surface area contributed by atoms with Crippen LogP contribution in [0.15, 0.2) is 170 Å². The van der Waals surface area contributed by atoms with Crippen LogP contribution in [0.1, 0.15) is 12.0 Å². The second-order valence-electron chi connectivity index (χ2n) is 12.8. The van der Waals surface area contributed by atoms with Gasteiger partial charge in [-0.15, -0.1) is 0 Å². The maximum absolute atomic E-state index is 6.42. The van der Waals surface area contributed by atoms with Gasteiger partial charge in [-0.3, -0.25) is 0 Å². The van der Waals surface area contributed by atoms with Crippen molar-refractivity contribution in [3.8, 4) is 56.0 Å². The Hall–Kier alpha value is -6.12. The van der Waals surface area contributed by atoms with E-state index in [-0.39, 0.29) is 6.04 Å². The van der Waals surface area contributed by atoms with E-state index >= 15 is 0 Å². The van der Waals surface area contributed by atoms with Gasteiger partial charge in [-0.05, 0) is 75.5 Å². The predicted octanol–water partition coefficient (Wildman–Crippen LogP) is 12.5. The molecule has 10 rings (SSSR count). The number of rotatable bonds is 4. The van der Waals surface area contributed by atoms with E-state index in [1.807, 2.05) is 0 Å². The molecular formula is C46H31NO. The van der Waals surface area contributed by atoms with Gasteiger partial charge in [0.25, 0.3) is 0 Å². The van der Waals surface area contributed by atoms with E-state index in [9.17, 15) is 0 Å². The molecule has 2 nitrogen and oxygen atoms in total. The molecule has 0 saturated carbocycles. The minimum atomic E-state index is 0.207. The smallest absolute Gasteiger partial charge is 0.135 e. The molecule has 2 aliphatic heterocycles. The largest absolute Gasteiger partial charge is 0.456 e. The molecule has 7 aromatic rings. The lowest BCUT2D eigenvalue weighted by molar-refractivity contribution is 0.487. The third-order valence-electron chi connectivity index (χ3n) is 10.1. The number of allylic oxidation sites excluding steroid dienone is 2. The van der Waals surface area contributed by atoms with Crippen LogP contribution in [0.25, 0.3) is 60.9 Å². The molecule has 226 valence electrons. The van der Waals surface area contributed by atoms with Crippen LogP contribution in [0.4, 0.5) is 11.4 Å². The molecule has 0 radical (unpaired) electrons. The molecule has 2 heterocycles. The molecule has 48 heavy (non-hydrogen) atoms. The summed E-state index contributed by atoms with van der Waals surface area (Å²) in [5.74, 6) is 1.83. The Morgan fingerprint density at radius 2 is 1.15 bits per heavy atom. The first kappa shape index (κ1) is 27.0. The van der Waals surface area contributed by atoms with Gasteiger partial charge in [0.2, 0.25) is 0 Å².